The van der Waals surface area contributed by atoms with Crippen LogP contribution in [0.3, 0.4) is 0 Å². The highest BCUT2D eigenvalue weighted by molar-refractivity contribution is 5.76. The zero-order valence-electron chi connectivity index (χ0n) is 7.48. The number of hydrogen-bond donors (Lipinski definition) is 0. The molecule has 2 heterocycles. The number of amides is 1. The molecule has 0 aromatic carbocycles. The first-order chi connectivity index (χ1) is 6.22. The first-order valence-corrected chi connectivity index (χ1v) is 4.63. The minimum Gasteiger partial charge on any atom is -0.600 e. The number of quaternary nitrogens is 1. The lowest BCUT2D eigenvalue weighted by molar-refractivity contribution is -0.890. The van der Waals surface area contributed by atoms with Crippen molar-refractivity contribution in [3.63, 3.8) is 0 Å². The Labute approximate surface area is 76.8 Å². The molecule has 0 aromatic heterocycles. The predicted molar refractivity (Wildman–Crippen MR) is 47.4 cm³/mol. The molecule has 0 saturated carbocycles. The molecule has 5 heteroatoms. The first-order valence-electron chi connectivity index (χ1n) is 4.63. The summed E-state index contributed by atoms with van der Waals surface area (Å²) in [5, 5.41) is 13.3. The van der Waals surface area contributed by atoms with E-state index < -0.39 is 4.76 Å². The summed E-state index contributed by atoms with van der Waals surface area (Å²) >= 11 is 0. The highest BCUT2D eigenvalue weighted by atomic mass is 16.6. The molecule has 0 radical (unpaired) electrons. The number of aliphatic imine (C=N–C) groups is 1. The fourth-order valence-corrected chi connectivity index (χ4v) is 1.78. The van der Waals surface area contributed by atoms with Gasteiger partial charge in [0.15, 0.2) is 0 Å². The van der Waals surface area contributed by atoms with Gasteiger partial charge in [0.05, 0.1) is 13.1 Å². The van der Waals surface area contributed by atoms with Gasteiger partial charge >= 0.3 is 0 Å². The highest BCUT2D eigenvalue weighted by Gasteiger charge is 2.34. The molecule has 1 amide bonds. The zero-order chi connectivity index (χ0) is 9.31. The second kappa shape index (κ2) is 3.08. The standard InChI is InChI=1S/C8H13N3O2/c12-8-3-1-2-5-10(8)11(13)6-4-9-7-11/h7H,1-6H2. The lowest BCUT2D eigenvalue weighted by atomic mass is 10.1. The Morgan fingerprint density at radius 2 is 2.38 bits per heavy atom. The zero-order valence-corrected chi connectivity index (χ0v) is 7.48. The van der Waals surface area contributed by atoms with E-state index in [9.17, 15) is 10.0 Å². The lowest BCUT2D eigenvalue weighted by Gasteiger charge is -2.44. The maximum Gasteiger partial charge on any atom is 0.268 e. The van der Waals surface area contributed by atoms with Crippen LogP contribution in [-0.2, 0) is 4.79 Å². The van der Waals surface area contributed by atoms with Crippen LogP contribution in [0.4, 0.5) is 0 Å². The Bertz CT molecular complexity index is 254. The number of carbonyl (C=O) groups excluding carboxylic acids is 1. The van der Waals surface area contributed by atoms with Crippen LogP contribution in [0, 0.1) is 5.21 Å². The number of nitrogens with zero attached hydrogens (tertiary/aromatic N) is 3. The number of hydrogen-bond acceptors (Lipinski definition) is 3. The summed E-state index contributed by atoms with van der Waals surface area (Å²) in [6, 6.07) is 0. The minimum absolute atomic E-state index is 0.0328. The fourth-order valence-electron chi connectivity index (χ4n) is 1.78. The Morgan fingerprint density at radius 3 is 3.00 bits per heavy atom. The first kappa shape index (κ1) is 8.65. The maximum atomic E-state index is 12.0. The molecule has 1 fully saturated rings. The van der Waals surface area contributed by atoms with Crippen LogP contribution in [-0.4, -0.2) is 41.6 Å². The number of rotatable bonds is 1. The van der Waals surface area contributed by atoms with Gasteiger partial charge in [-0.25, -0.2) is 9.75 Å². The van der Waals surface area contributed by atoms with E-state index in [1.54, 1.807) is 0 Å². The minimum atomic E-state index is -0.654. The van der Waals surface area contributed by atoms with E-state index >= 15 is 0 Å². The van der Waals surface area contributed by atoms with E-state index in [-0.39, 0.29) is 5.91 Å². The summed E-state index contributed by atoms with van der Waals surface area (Å²) < 4.78 is -0.654. The fraction of sp³-hybridized carbons (Fsp3) is 0.750. The highest BCUT2D eigenvalue weighted by Crippen LogP contribution is 2.19. The largest absolute Gasteiger partial charge is 0.600 e. The van der Waals surface area contributed by atoms with Gasteiger partial charge in [-0.1, -0.05) is 0 Å². The molecule has 1 atom stereocenters. The Balaban J connectivity index is 2.13. The van der Waals surface area contributed by atoms with Gasteiger partial charge in [-0.2, -0.15) is 5.01 Å². The van der Waals surface area contributed by atoms with Gasteiger partial charge in [0.25, 0.3) is 5.91 Å². The quantitative estimate of drug-likeness (QED) is 0.433. The molecule has 72 valence electrons. The van der Waals surface area contributed by atoms with E-state index in [4.69, 9.17) is 0 Å². The van der Waals surface area contributed by atoms with Crippen molar-refractivity contribution in [3.8, 4) is 0 Å². The summed E-state index contributed by atoms with van der Waals surface area (Å²) in [5.41, 5.74) is 0. The van der Waals surface area contributed by atoms with Crippen molar-refractivity contribution >= 4 is 12.2 Å². The Hall–Kier alpha value is -0.940. The Kier molecular flexibility index (Phi) is 2.05. The van der Waals surface area contributed by atoms with Crippen LogP contribution >= 0.6 is 0 Å². The molecule has 0 aromatic rings. The van der Waals surface area contributed by atoms with Crippen molar-refractivity contribution < 1.29 is 9.55 Å². The summed E-state index contributed by atoms with van der Waals surface area (Å²) in [5.74, 6) is -0.0328. The third kappa shape index (κ3) is 1.45. The predicted octanol–water partition coefficient (Wildman–Crippen LogP) is 0.270. The van der Waals surface area contributed by atoms with Gasteiger partial charge in [-0.15, -0.1) is 0 Å². The van der Waals surface area contributed by atoms with Gasteiger partial charge in [0.1, 0.15) is 6.54 Å². The normalized spacial score (nSPS) is 34.2. The second-order valence-corrected chi connectivity index (χ2v) is 3.47. The smallest absolute Gasteiger partial charge is 0.268 e. The third-order valence-electron chi connectivity index (χ3n) is 2.52. The summed E-state index contributed by atoms with van der Waals surface area (Å²) in [4.78, 5) is 15.3. The van der Waals surface area contributed by atoms with Gasteiger partial charge in [0.2, 0.25) is 6.34 Å². The molecule has 5 nitrogen and oxygen atoms in total. The van der Waals surface area contributed by atoms with Gasteiger partial charge in [-0.05, 0) is 12.8 Å². The van der Waals surface area contributed by atoms with Crippen LogP contribution in [0.25, 0.3) is 0 Å². The molecule has 0 aliphatic carbocycles. The van der Waals surface area contributed by atoms with Crippen LogP contribution in [0.1, 0.15) is 19.3 Å². The van der Waals surface area contributed by atoms with Crippen molar-refractivity contribution in [2.45, 2.75) is 19.3 Å². The average Bonchev–Trinajstić information content (AvgIpc) is 2.54. The molecule has 0 bridgehead atoms. The van der Waals surface area contributed by atoms with Crippen molar-refractivity contribution in [2.24, 2.45) is 4.99 Å². The van der Waals surface area contributed by atoms with Gasteiger partial charge < -0.3 is 5.21 Å². The van der Waals surface area contributed by atoms with Crippen molar-refractivity contribution in [1.82, 2.24) is 5.01 Å². The number of hydroxylamine groups is 2. The van der Waals surface area contributed by atoms with Gasteiger partial charge in [0, 0.05) is 6.42 Å². The van der Waals surface area contributed by atoms with Gasteiger partial charge in [-0.3, -0.25) is 4.79 Å². The molecule has 1 unspecified atom stereocenters. The molecule has 0 spiro atoms. The molecule has 13 heavy (non-hydrogen) atoms. The molecule has 1 saturated heterocycles. The average molecular weight is 183 g/mol. The van der Waals surface area contributed by atoms with Crippen molar-refractivity contribution in [1.29, 1.82) is 0 Å². The topological polar surface area (TPSA) is 55.7 Å². The van der Waals surface area contributed by atoms with Crippen molar-refractivity contribution in [2.75, 3.05) is 19.6 Å². The van der Waals surface area contributed by atoms with E-state index in [0.29, 0.717) is 26.1 Å². The van der Waals surface area contributed by atoms with E-state index in [1.165, 1.54) is 11.3 Å². The maximum absolute atomic E-state index is 12.0. The number of carbonyl (C=O) groups is 1. The molecule has 2 aliphatic rings. The molecule has 2 aliphatic heterocycles. The monoisotopic (exact) mass is 183 g/mol. The second-order valence-electron chi connectivity index (χ2n) is 3.47. The molecular weight excluding hydrogens is 170 g/mol. The van der Waals surface area contributed by atoms with Crippen LogP contribution in [0.5, 0.6) is 0 Å². The van der Waals surface area contributed by atoms with E-state index in [2.05, 4.69) is 4.99 Å². The summed E-state index contributed by atoms with van der Waals surface area (Å²) in [6.45, 7) is 1.49. The third-order valence-corrected chi connectivity index (χ3v) is 2.52. The van der Waals surface area contributed by atoms with E-state index in [0.717, 1.165) is 12.8 Å². The van der Waals surface area contributed by atoms with Crippen molar-refractivity contribution in [3.05, 3.63) is 5.21 Å². The van der Waals surface area contributed by atoms with Crippen LogP contribution < -0.4 is 0 Å². The lowest BCUT2D eigenvalue weighted by Crippen LogP contribution is -2.58. The molecular formula is C8H13N3O2. The number of piperidine rings is 1. The molecule has 0 N–H and O–H groups in total. The SMILES string of the molecule is O=C1CCCCN1[N+]1([O-])C=NCC1. The summed E-state index contributed by atoms with van der Waals surface area (Å²) in [7, 11) is 0. The van der Waals surface area contributed by atoms with Crippen LogP contribution in [0.15, 0.2) is 4.99 Å². The van der Waals surface area contributed by atoms with E-state index in [1.807, 2.05) is 0 Å². The van der Waals surface area contributed by atoms with Crippen LogP contribution in [0.2, 0.25) is 0 Å². The Morgan fingerprint density at radius 1 is 1.54 bits per heavy atom. The summed E-state index contributed by atoms with van der Waals surface area (Å²) in [6.07, 6.45) is 3.69. The molecule has 2 rings (SSSR count).